The van der Waals surface area contributed by atoms with Crippen molar-refractivity contribution in [3.05, 3.63) is 0 Å². The predicted octanol–water partition coefficient (Wildman–Crippen LogP) is 0.439. The van der Waals surface area contributed by atoms with E-state index in [1.165, 1.54) is 0 Å². The van der Waals surface area contributed by atoms with Crippen LogP contribution in [0.4, 0.5) is 0 Å². The fraction of sp³-hybridized carbons (Fsp3) is 1.00. The van der Waals surface area contributed by atoms with Gasteiger partial charge in [0.1, 0.15) is 0 Å². The second-order valence-electron chi connectivity index (χ2n) is 2.35. The molecule has 0 saturated heterocycles. The van der Waals surface area contributed by atoms with Crippen LogP contribution < -0.4 is 20.6 Å². The average molecular weight is 346 g/mol. The zero-order valence-corrected chi connectivity index (χ0v) is 12.8. The van der Waals surface area contributed by atoms with E-state index >= 15 is 0 Å². The molecule has 0 unspecified atom stereocenters. The molecule has 0 aromatic rings. The first kappa shape index (κ1) is 17.6. The van der Waals surface area contributed by atoms with Gasteiger partial charge in [-0.1, -0.05) is 0 Å². The molecular weight excluding hydrogens is 334 g/mol. The van der Waals surface area contributed by atoms with Crippen molar-refractivity contribution in [1.29, 1.82) is 0 Å². The Balaban J connectivity index is 5.69. The van der Waals surface area contributed by atoms with Crippen molar-refractivity contribution in [3.8, 4) is 0 Å². The molecule has 0 amide bonds. The lowest BCUT2D eigenvalue weighted by Crippen LogP contribution is -2.31. The van der Waals surface area contributed by atoms with E-state index < -0.39 is 22.8 Å². The highest BCUT2D eigenvalue weighted by Crippen LogP contribution is 2.88. The molecule has 8 nitrogen and oxygen atoms in total. The smallest absolute Gasteiger partial charge is 0.260 e. The maximum atomic E-state index is 12.1. The number of hydrogen-bond acceptors (Lipinski definition) is 12. The van der Waals surface area contributed by atoms with Crippen LogP contribution in [0, 0.1) is 0 Å². The zero-order chi connectivity index (χ0) is 13.0. The van der Waals surface area contributed by atoms with E-state index in [0.29, 0.717) is 0 Å². The van der Waals surface area contributed by atoms with Crippen LogP contribution in [0.5, 0.6) is 0 Å². The standard InChI is InChI=1S/C2H12N4O4P2S4/c3-13-11(9,14-4)2(8,1-7)12(10,15-5)16-6/h7-8H,1,3-6H2. The summed E-state index contributed by atoms with van der Waals surface area (Å²) in [6.07, 6.45) is 0. The second-order valence-corrected chi connectivity index (χ2v) is 17.1. The van der Waals surface area contributed by atoms with Gasteiger partial charge in [0.2, 0.25) is 5.08 Å². The largest absolute Gasteiger partial charge is 0.392 e. The maximum absolute atomic E-state index is 12.1. The molecule has 0 aliphatic carbocycles. The molecule has 0 aliphatic rings. The molecule has 0 heterocycles. The van der Waals surface area contributed by atoms with Gasteiger partial charge in [-0.15, -0.1) is 0 Å². The molecule has 0 fully saturated rings. The SMILES string of the molecule is NSP(=O)(SN)C(O)(CO)P(=O)(SN)SN. The van der Waals surface area contributed by atoms with Gasteiger partial charge in [-0.2, -0.15) is 0 Å². The van der Waals surface area contributed by atoms with Crippen LogP contribution in [-0.2, 0) is 9.13 Å². The van der Waals surface area contributed by atoms with Crippen molar-refractivity contribution >= 4 is 57.4 Å². The molecule has 10 N–H and O–H groups in total. The highest BCUT2D eigenvalue weighted by Gasteiger charge is 2.60. The van der Waals surface area contributed by atoms with E-state index in [1.54, 1.807) is 0 Å². The van der Waals surface area contributed by atoms with Crippen molar-refractivity contribution < 1.29 is 19.3 Å². The minimum absolute atomic E-state index is 0.235. The van der Waals surface area contributed by atoms with Crippen LogP contribution in [0.1, 0.15) is 0 Å². The van der Waals surface area contributed by atoms with Gasteiger partial charge in [0.15, 0.2) is 0 Å². The molecule has 0 radical (unpaired) electrons. The average Bonchev–Trinajstić information content (AvgIpc) is 2.35. The molecule has 0 saturated carbocycles. The van der Waals surface area contributed by atoms with Crippen LogP contribution in [0.2, 0.25) is 0 Å². The van der Waals surface area contributed by atoms with Gasteiger partial charge in [0, 0.05) is 0 Å². The molecule has 16 heavy (non-hydrogen) atoms. The van der Waals surface area contributed by atoms with Crippen molar-refractivity contribution in [2.45, 2.75) is 5.08 Å². The molecular formula is C2H12N4O4P2S4. The summed E-state index contributed by atoms with van der Waals surface area (Å²) in [5.41, 5.74) is -7.66. The minimum Gasteiger partial charge on any atom is -0.392 e. The Hall–Kier alpha value is 1.62. The Morgan fingerprint density at radius 2 is 1.19 bits per heavy atom. The molecule has 0 aliphatic heterocycles. The van der Waals surface area contributed by atoms with E-state index in [2.05, 4.69) is 0 Å². The van der Waals surface area contributed by atoms with Crippen LogP contribution in [0.15, 0.2) is 0 Å². The Bertz CT molecular complexity index is 287. The number of aliphatic hydroxyl groups excluding tert-OH is 1. The second kappa shape index (κ2) is 6.69. The highest BCUT2D eigenvalue weighted by molar-refractivity contribution is 8.96. The zero-order valence-electron chi connectivity index (χ0n) is 7.75. The summed E-state index contributed by atoms with van der Waals surface area (Å²) in [5.74, 6) is 0. The quantitative estimate of drug-likeness (QED) is 0.277. The topological polar surface area (TPSA) is 179 Å². The third-order valence-corrected chi connectivity index (χ3v) is 18.2. The summed E-state index contributed by atoms with van der Waals surface area (Å²) in [4.78, 5) is 0. The number of nitrogens with two attached hydrogens (primary N) is 4. The fourth-order valence-electron chi connectivity index (χ4n) is 0.711. The van der Waals surface area contributed by atoms with Crippen LogP contribution in [0.3, 0.4) is 0 Å². The Labute approximate surface area is 109 Å². The van der Waals surface area contributed by atoms with Crippen molar-refractivity contribution in [1.82, 2.24) is 0 Å². The molecule has 0 atom stereocenters. The first-order chi connectivity index (χ1) is 7.30. The van der Waals surface area contributed by atoms with Crippen molar-refractivity contribution in [3.63, 3.8) is 0 Å². The first-order valence-corrected chi connectivity index (χ1v) is 12.7. The van der Waals surface area contributed by atoms with Crippen LogP contribution in [-0.4, -0.2) is 21.9 Å². The fourth-order valence-corrected chi connectivity index (χ4v) is 14.6. The Kier molecular flexibility index (Phi) is 7.37. The van der Waals surface area contributed by atoms with E-state index in [0.717, 1.165) is 0 Å². The van der Waals surface area contributed by atoms with E-state index in [-0.39, 0.29) is 46.3 Å². The molecule has 0 aromatic carbocycles. The summed E-state index contributed by atoms with van der Waals surface area (Å²) < 4.78 is 24.2. The molecule has 14 heteroatoms. The molecule has 0 rings (SSSR count). The van der Waals surface area contributed by atoms with Gasteiger partial charge in [-0.3, -0.25) is 29.7 Å². The lowest BCUT2D eigenvalue weighted by atomic mass is 10.8. The van der Waals surface area contributed by atoms with E-state index in [9.17, 15) is 14.2 Å². The number of rotatable bonds is 7. The summed E-state index contributed by atoms with van der Waals surface area (Å²) in [7, 11) is 0. The highest BCUT2D eigenvalue weighted by atomic mass is 33.1. The normalized spacial score (nSPS) is 14.1. The number of hydrogen-bond donors (Lipinski definition) is 6. The third-order valence-electron chi connectivity index (χ3n) is 1.64. The molecule has 0 bridgehead atoms. The Morgan fingerprint density at radius 1 is 0.938 bits per heavy atom. The van der Waals surface area contributed by atoms with E-state index in [1.807, 2.05) is 0 Å². The van der Waals surface area contributed by atoms with Gasteiger partial charge in [-0.25, -0.2) is 0 Å². The van der Waals surface area contributed by atoms with Gasteiger partial charge in [0.25, 0.3) is 11.1 Å². The van der Waals surface area contributed by atoms with Gasteiger partial charge >= 0.3 is 0 Å². The molecule has 98 valence electrons. The monoisotopic (exact) mass is 346 g/mol. The molecule has 0 aromatic heterocycles. The lowest BCUT2D eigenvalue weighted by molar-refractivity contribution is 0.122. The summed E-state index contributed by atoms with van der Waals surface area (Å²) in [5, 5.41) is 37.2. The van der Waals surface area contributed by atoms with Crippen molar-refractivity contribution in [2.24, 2.45) is 20.6 Å². The van der Waals surface area contributed by atoms with Gasteiger partial charge < -0.3 is 10.2 Å². The minimum atomic E-state index is -3.83. The van der Waals surface area contributed by atoms with Gasteiger partial charge in [0.05, 0.1) is 6.61 Å². The van der Waals surface area contributed by atoms with Crippen LogP contribution in [0.25, 0.3) is 0 Å². The predicted molar refractivity (Wildman–Crippen MR) is 74.4 cm³/mol. The maximum Gasteiger partial charge on any atom is 0.260 e. The van der Waals surface area contributed by atoms with Crippen LogP contribution >= 0.6 is 57.4 Å². The third kappa shape index (κ3) is 2.79. The first-order valence-electron chi connectivity index (χ1n) is 3.38. The van der Waals surface area contributed by atoms with Crippen molar-refractivity contribution in [2.75, 3.05) is 6.61 Å². The summed E-state index contributed by atoms with van der Waals surface area (Å²) in [6.45, 7) is -1.08. The number of aliphatic hydroxyl groups is 2. The summed E-state index contributed by atoms with van der Waals surface area (Å²) >= 11 is 0.940. The lowest BCUT2D eigenvalue weighted by Gasteiger charge is -2.34. The van der Waals surface area contributed by atoms with E-state index in [4.69, 9.17) is 25.7 Å². The summed E-state index contributed by atoms with van der Waals surface area (Å²) in [6, 6.07) is 0. The van der Waals surface area contributed by atoms with Gasteiger partial charge in [-0.05, 0) is 46.3 Å². The Morgan fingerprint density at radius 3 is 1.31 bits per heavy atom. The molecule has 0 spiro atoms.